The Bertz CT molecular complexity index is 1360. The van der Waals surface area contributed by atoms with Crippen LogP contribution in [0.1, 0.15) is 16.7 Å². The first-order chi connectivity index (χ1) is 16.4. The SMILES string of the molecule is COc1ccc(/C=C2\N=C(c3ccc(Cl)c([N+](=O)[O-])c3)OC2=O)cc1OCc1ccccc1F. The lowest BCUT2D eigenvalue weighted by Crippen LogP contribution is -2.06. The average Bonchev–Trinajstić information content (AvgIpc) is 3.18. The Morgan fingerprint density at radius 1 is 1.15 bits per heavy atom. The van der Waals surface area contributed by atoms with Gasteiger partial charge in [-0.3, -0.25) is 10.1 Å². The lowest BCUT2D eigenvalue weighted by atomic mass is 10.1. The van der Waals surface area contributed by atoms with Gasteiger partial charge in [-0.2, -0.15) is 0 Å². The molecule has 0 saturated heterocycles. The highest BCUT2D eigenvalue weighted by molar-refractivity contribution is 6.32. The fourth-order valence-corrected chi connectivity index (χ4v) is 3.33. The Morgan fingerprint density at radius 3 is 2.68 bits per heavy atom. The summed E-state index contributed by atoms with van der Waals surface area (Å²) in [5.74, 6) is -0.440. The maximum atomic E-state index is 13.9. The third-order valence-corrected chi connectivity index (χ3v) is 5.16. The van der Waals surface area contributed by atoms with Crippen LogP contribution in [0.3, 0.4) is 0 Å². The van der Waals surface area contributed by atoms with Gasteiger partial charge in [0.05, 0.1) is 12.0 Å². The lowest BCUT2D eigenvalue weighted by Gasteiger charge is -2.12. The molecule has 1 heterocycles. The topological polar surface area (TPSA) is 100 Å². The van der Waals surface area contributed by atoms with E-state index < -0.39 is 16.7 Å². The Morgan fingerprint density at radius 2 is 1.94 bits per heavy atom. The van der Waals surface area contributed by atoms with Crippen molar-refractivity contribution in [2.24, 2.45) is 4.99 Å². The molecule has 0 fully saturated rings. The van der Waals surface area contributed by atoms with Crippen LogP contribution in [0.4, 0.5) is 10.1 Å². The highest BCUT2D eigenvalue weighted by atomic mass is 35.5. The molecule has 0 aliphatic carbocycles. The molecule has 0 N–H and O–H groups in total. The first kappa shape index (κ1) is 22.9. The molecule has 1 aliphatic heterocycles. The first-order valence-electron chi connectivity index (χ1n) is 9.87. The van der Waals surface area contributed by atoms with E-state index in [1.165, 1.54) is 37.5 Å². The van der Waals surface area contributed by atoms with Crippen molar-refractivity contribution in [1.29, 1.82) is 0 Å². The van der Waals surface area contributed by atoms with Crippen LogP contribution in [0.15, 0.2) is 71.4 Å². The van der Waals surface area contributed by atoms with Crippen LogP contribution in [-0.4, -0.2) is 23.9 Å². The van der Waals surface area contributed by atoms with Crippen LogP contribution in [0.25, 0.3) is 6.08 Å². The van der Waals surface area contributed by atoms with Gasteiger partial charge in [0.15, 0.2) is 17.2 Å². The smallest absolute Gasteiger partial charge is 0.363 e. The number of benzene rings is 3. The molecule has 34 heavy (non-hydrogen) atoms. The normalized spacial score (nSPS) is 14.0. The van der Waals surface area contributed by atoms with Gasteiger partial charge in [-0.05, 0) is 42.0 Å². The minimum Gasteiger partial charge on any atom is -0.493 e. The molecular formula is C24H16ClFN2O6. The Hall–Kier alpha value is -4.24. The number of nitro benzene ring substituents is 1. The molecule has 3 aromatic carbocycles. The van der Waals surface area contributed by atoms with Gasteiger partial charge in [-0.1, -0.05) is 35.9 Å². The van der Waals surface area contributed by atoms with E-state index in [1.807, 2.05) is 0 Å². The van der Waals surface area contributed by atoms with Crippen LogP contribution < -0.4 is 9.47 Å². The Kier molecular flexibility index (Phi) is 6.55. The van der Waals surface area contributed by atoms with Gasteiger partial charge in [0.2, 0.25) is 5.90 Å². The third-order valence-electron chi connectivity index (χ3n) is 4.84. The minimum absolute atomic E-state index is 0.0159. The lowest BCUT2D eigenvalue weighted by molar-refractivity contribution is -0.384. The van der Waals surface area contributed by atoms with Crippen LogP contribution in [0, 0.1) is 15.9 Å². The number of nitrogens with zero attached hydrogens (tertiary/aromatic N) is 2. The molecule has 0 spiro atoms. The maximum absolute atomic E-state index is 13.9. The number of ether oxygens (including phenoxy) is 3. The number of methoxy groups -OCH3 is 1. The Labute approximate surface area is 198 Å². The molecule has 4 rings (SSSR count). The van der Waals surface area contributed by atoms with Crippen molar-refractivity contribution in [3.8, 4) is 11.5 Å². The predicted molar refractivity (Wildman–Crippen MR) is 122 cm³/mol. The van der Waals surface area contributed by atoms with Gasteiger partial charge in [-0.25, -0.2) is 14.2 Å². The molecule has 0 saturated carbocycles. The van der Waals surface area contributed by atoms with Crippen LogP contribution in [-0.2, 0) is 16.1 Å². The summed E-state index contributed by atoms with van der Waals surface area (Å²) in [5, 5.41) is 11.1. The molecule has 0 atom stereocenters. The molecule has 172 valence electrons. The molecule has 0 aromatic heterocycles. The number of carbonyl (C=O) groups excluding carboxylic acids is 1. The van der Waals surface area contributed by atoms with E-state index >= 15 is 0 Å². The maximum Gasteiger partial charge on any atom is 0.363 e. The summed E-state index contributed by atoms with van der Waals surface area (Å²) in [7, 11) is 1.47. The van der Waals surface area contributed by atoms with Crippen molar-refractivity contribution in [3.63, 3.8) is 0 Å². The summed E-state index contributed by atoms with van der Waals surface area (Å²) < 4.78 is 30.1. The number of aliphatic imine (C=N–C) groups is 1. The van der Waals surface area contributed by atoms with Gasteiger partial charge in [0, 0.05) is 17.2 Å². The molecule has 3 aromatic rings. The minimum atomic E-state index is -0.725. The van der Waals surface area contributed by atoms with Crippen molar-refractivity contribution < 1.29 is 28.3 Å². The van der Waals surface area contributed by atoms with Crippen LogP contribution in [0.2, 0.25) is 5.02 Å². The van der Waals surface area contributed by atoms with Gasteiger partial charge in [0.25, 0.3) is 5.69 Å². The number of rotatable bonds is 7. The quantitative estimate of drug-likeness (QED) is 0.195. The van der Waals surface area contributed by atoms with Crippen molar-refractivity contribution in [2.75, 3.05) is 7.11 Å². The zero-order chi connectivity index (χ0) is 24.2. The number of carbonyl (C=O) groups is 1. The molecule has 1 aliphatic rings. The number of nitro groups is 1. The van der Waals surface area contributed by atoms with E-state index in [-0.39, 0.29) is 34.5 Å². The Balaban J connectivity index is 1.61. The summed E-state index contributed by atoms with van der Waals surface area (Å²) in [6, 6.07) is 15.1. The molecule has 0 radical (unpaired) electrons. The summed E-state index contributed by atoms with van der Waals surface area (Å²) in [4.78, 5) is 27.0. The fraction of sp³-hybridized carbons (Fsp3) is 0.0833. The van der Waals surface area contributed by atoms with Gasteiger partial charge in [0.1, 0.15) is 17.4 Å². The second-order valence-electron chi connectivity index (χ2n) is 7.05. The molecule has 10 heteroatoms. The van der Waals surface area contributed by atoms with Crippen molar-refractivity contribution in [3.05, 3.63) is 104 Å². The molecule has 0 bridgehead atoms. The van der Waals surface area contributed by atoms with E-state index in [0.29, 0.717) is 22.6 Å². The zero-order valence-electron chi connectivity index (χ0n) is 17.7. The zero-order valence-corrected chi connectivity index (χ0v) is 18.4. The van der Waals surface area contributed by atoms with E-state index in [1.54, 1.807) is 36.4 Å². The largest absolute Gasteiger partial charge is 0.493 e. The summed E-state index contributed by atoms with van der Waals surface area (Å²) >= 11 is 5.83. The van der Waals surface area contributed by atoms with E-state index in [9.17, 15) is 19.3 Å². The van der Waals surface area contributed by atoms with E-state index in [2.05, 4.69) is 4.99 Å². The number of hydrogen-bond acceptors (Lipinski definition) is 7. The molecular weight excluding hydrogens is 467 g/mol. The number of halogens is 2. The second kappa shape index (κ2) is 9.72. The summed E-state index contributed by atoms with van der Waals surface area (Å²) in [6.07, 6.45) is 1.47. The average molecular weight is 483 g/mol. The van der Waals surface area contributed by atoms with Gasteiger partial charge >= 0.3 is 5.97 Å². The predicted octanol–water partition coefficient (Wildman–Crippen LogP) is 5.32. The standard InChI is InChI=1S/C24H16ClFN2O6/c1-32-21-9-6-14(11-22(21)33-13-16-4-2-3-5-18(16)26)10-19-24(29)34-23(27-19)15-7-8-17(25)20(12-15)28(30)31/h2-12H,13H2,1H3/b19-10-. The summed E-state index contributed by atoms with van der Waals surface area (Å²) in [5.41, 5.74) is 0.804. The van der Waals surface area contributed by atoms with Crippen molar-refractivity contribution >= 4 is 35.2 Å². The number of hydrogen-bond donors (Lipinski definition) is 0. The van der Waals surface area contributed by atoms with Crippen LogP contribution in [0.5, 0.6) is 11.5 Å². The van der Waals surface area contributed by atoms with Gasteiger partial charge in [-0.15, -0.1) is 0 Å². The first-order valence-corrected chi connectivity index (χ1v) is 10.2. The highest BCUT2D eigenvalue weighted by Gasteiger charge is 2.26. The van der Waals surface area contributed by atoms with Crippen LogP contribution >= 0.6 is 11.6 Å². The van der Waals surface area contributed by atoms with Crippen molar-refractivity contribution in [1.82, 2.24) is 0 Å². The summed E-state index contributed by atoms with van der Waals surface area (Å²) in [6.45, 7) is -0.0251. The molecule has 0 unspecified atom stereocenters. The molecule has 0 amide bonds. The monoisotopic (exact) mass is 482 g/mol. The number of esters is 1. The third kappa shape index (κ3) is 4.89. The highest BCUT2D eigenvalue weighted by Crippen LogP contribution is 2.31. The number of cyclic esters (lactones) is 1. The molecule has 8 nitrogen and oxygen atoms in total. The second-order valence-corrected chi connectivity index (χ2v) is 7.46. The van der Waals surface area contributed by atoms with Crippen molar-refractivity contribution in [2.45, 2.75) is 6.61 Å². The fourth-order valence-electron chi connectivity index (χ4n) is 3.14. The van der Waals surface area contributed by atoms with E-state index in [0.717, 1.165) is 0 Å². The van der Waals surface area contributed by atoms with E-state index in [4.69, 9.17) is 25.8 Å². The van der Waals surface area contributed by atoms with Gasteiger partial charge < -0.3 is 14.2 Å².